The van der Waals surface area contributed by atoms with Crippen LogP contribution in [-0.4, -0.2) is 25.3 Å². The molecule has 0 spiro atoms. The van der Waals surface area contributed by atoms with Gasteiger partial charge in [0.1, 0.15) is 5.75 Å². The normalized spacial score (nSPS) is 11.0. The number of hydrogen-bond acceptors (Lipinski definition) is 4. The van der Waals surface area contributed by atoms with Gasteiger partial charge >= 0.3 is 0 Å². The Hall–Kier alpha value is -2.89. The molecular weight excluding hydrogens is 299 g/mol. The first-order chi connectivity index (χ1) is 11.1. The van der Waals surface area contributed by atoms with E-state index in [-0.39, 0.29) is 12.4 Å². The molecule has 1 N–H and O–H groups in total. The Morgan fingerprint density at radius 1 is 1.17 bits per heavy atom. The standard InChI is InChI=1S/C17H17FN2O3/c1-12(13-7-9-14(22-2)10-8-13)19-20-17(21)11-23-16-6-4-3-5-15(16)18/h3-10H,11H2,1-2H3,(H,20,21)/b19-12-. The third-order valence-corrected chi connectivity index (χ3v) is 3.05. The van der Waals surface area contributed by atoms with Crippen LogP contribution in [0.3, 0.4) is 0 Å². The summed E-state index contributed by atoms with van der Waals surface area (Å²) in [7, 11) is 1.59. The first kappa shape index (κ1) is 16.5. The summed E-state index contributed by atoms with van der Waals surface area (Å²) in [5.41, 5.74) is 3.85. The lowest BCUT2D eigenvalue weighted by Gasteiger charge is -2.07. The van der Waals surface area contributed by atoms with Crippen LogP contribution >= 0.6 is 0 Å². The number of carbonyl (C=O) groups excluding carboxylic acids is 1. The summed E-state index contributed by atoms with van der Waals surface area (Å²) >= 11 is 0. The number of amides is 1. The van der Waals surface area contributed by atoms with Crippen LogP contribution in [0, 0.1) is 5.82 Å². The molecule has 0 saturated carbocycles. The van der Waals surface area contributed by atoms with Crippen molar-refractivity contribution in [1.82, 2.24) is 5.43 Å². The molecule has 2 rings (SSSR count). The third kappa shape index (κ3) is 4.81. The van der Waals surface area contributed by atoms with Gasteiger partial charge in [-0.1, -0.05) is 12.1 Å². The van der Waals surface area contributed by atoms with Crippen LogP contribution < -0.4 is 14.9 Å². The first-order valence-electron chi connectivity index (χ1n) is 6.95. The average Bonchev–Trinajstić information content (AvgIpc) is 2.59. The molecule has 23 heavy (non-hydrogen) atoms. The van der Waals surface area contributed by atoms with Gasteiger partial charge in [0.05, 0.1) is 12.8 Å². The van der Waals surface area contributed by atoms with Gasteiger partial charge in [-0.05, 0) is 48.9 Å². The zero-order valence-electron chi connectivity index (χ0n) is 12.9. The highest BCUT2D eigenvalue weighted by Crippen LogP contribution is 2.15. The summed E-state index contributed by atoms with van der Waals surface area (Å²) < 4.78 is 23.5. The van der Waals surface area contributed by atoms with E-state index in [1.807, 2.05) is 12.1 Å². The number of hydrazone groups is 1. The Kier molecular flexibility index (Phi) is 5.68. The van der Waals surface area contributed by atoms with E-state index < -0.39 is 11.7 Å². The van der Waals surface area contributed by atoms with Gasteiger partial charge in [-0.2, -0.15) is 5.10 Å². The molecule has 6 heteroatoms. The number of nitrogens with zero attached hydrogens (tertiary/aromatic N) is 1. The number of para-hydroxylation sites is 1. The summed E-state index contributed by atoms with van der Waals surface area (Å²) in [6.45, 7) is 1.44. The van der Waals surface area contributed by atoms with E-state index in [1.54, 1.807) is 38.3 Å². The highest BCUT2D eigenvalue weighted by molar-refractivity contribution is 5.99. The van der Waals surface area contributed by atoms with Crippen LogP contribution in [0.4, 0.5) is 4.39 Å². The highest BCUT2D eigenvalue weighted by Gasteiger charge is 2.06. The Morgan fingerprint density at radius 3 is 2.52 bits per heavy atom. The predicted molar refractivity (Wildman–Crippen MR) is 85.2 cm³/mol. The molecule has 0 radical (unpaired) electrons. The van der Waals surface area contributed by atoms with Crippen molar-refractivity contribution in [3.63, 3.8) is 0 Å². The second kappa shape index (κ2) is 7.93. The number of ether oxygens (including phenoxy) is 2. The number of methoxy groups -OCH3 is 1. The fourth-order valence-electron chi connectivity index (χ4n) is 1.78. The maximum Gasteiger partial charge on any atom is 0.277 e. The van der Waals surface area contributed by atoms with Crippen LogP contribution in [0.2, 0.25) is 0 Å². The summed E-state index contributed by atoms with van der Waals surface area (Å²) in [6.07, 6.45) is 0. The topological polar surface area (TPSA) is 59.9 Å². The molecule has 1 amide bonds. The molecular formula is C17H17FN2O3. The molecule has 0 unspecified atom stereocenters. The SMILES string of the molecule is COc1ccc(/C(C)=N\NC(=O)COc2ccccc2F)cc1. The van der Waals surface area contributed by atoms with Gasteiger partial charge in [-0.25, -0.2) is 9.82 Å². The molecule has 0 fully saturated rings. The number of hydrogen-bond donors (Lipinski definition) is 1. The summed E-state index contributed by atoms with van der Waals surface area (Å²) in [4.78, 5) is 11.7. The van der Waals surface area contributed by atoms with E-state index in [0.29, 0.717) is 5.71 Å². The van der Waals surface area contributed by atoms with Crippen LogP contribution in [0.15, 0.2) is 53.6 Å². The predicted octanol–water partition coefficient (Wildman–Crippen LogP) is 2.75. The fourth-order valence-corrected chi connectivity index (χ4v) is 1.78. The lowest BCUT2D eigenvalue weighted by atomic mass is 10.1. The minimum atomic E-state index is -0.516. The number of benzene rings is 2. The number of rotatable bonds is 6. The molecule has 0 heterocycles. The molecule has 0 saturated heterocycles. The van der Waals surface area contributed by atoms with Crippen molar-refractivity contribution in [3.8, 4) is 11.5 Å². The lowest BCUT2D eigenvalue weighted by Crippen LogP contribution is -2.25. The van der Waals surface area contributed by atoms with Crippen molar-refractivity contribution >= 4 is 11.6 Å². The maximum absolute atomic E-state index is 13.3. The minimum Gasteiger partial charge on any atom is -0.497 e. The molecule has 2 aromatic carbocycles. The van der Waals surface area contributed by atoms with Crippen LogP contribution in [0.25, 0.3) is 0 Å². The molecule has 0 aromatic heterocycles. The van der Waals surface area contributed by atoms with E-state index in [9.17, 15) is 9.18 Å². The van der Waals surface area contributed by atoms with E-state index >= 15 is 0 Å². The molecule has 5 nitrogen and oxygen atoms in total. The molecule has 120 valence electrons. The van der Waals surface area contributed by atoms with E-state index in [0.717, 1.165) is 11.3 Å². The summed E-state index contributed by atoms with van der Waals surface area (Å²) in [5.74, 6) is -0.221. The third-order valence-electron chi connectivity index (χ3n) is 3.05. The van der Waals surface area contributed by atoms with Gasteiger partial charge in [0.15, 0.2) is 18.2 Å². The lowest BCUT2D eigenvalue weighted by molar-refractivity contribution is -0.123. The average molecular weight is 316 g/mol. The summed E-state index contributed by atoms with van der Waals surface area (Å²) in [6, 6.07) is 13.2. The molecule has 0 aliphatic heterocycles. The highest BCUT2D eigenvalue weighted by atomic mass is 19.1. The van der Waals surface area contributed by atoms with Crippen molar-refractivity contribution in [2.75, 3.05) is 13.7 Å². The quantitative estimate of drug-likeness (QED) is 0.658. The van der Waals surface area contributed by atoms with Gasteiger partial charge in [-0.15, -0.1) is 0 Å². The Bertz CT molecular complexity index is 699. The number of halogens is 1. The monoisotopic (exact) mass is 316 g/mol. The van der Waals surface area contributed by atoms with Crippen LogP contribution in [0.1, 0.15) is 12.5 Å². The van der Waals surface area contributed by atoms with Gasteiger partial charge in [-0.3, -0.25) is 4.79 Å². The molecule has 0 atom stereocenters. The Morgan fingerprint density at radius 2 is 1.87 bits per heavy atom. The van der Waals surface area contributed by atoms with E-state index in [1.165, 1.54) is 12.1 Å². The minimum absolute atomic E-state index is 0.0264. The second-order valence-electron chi connectivity index (χ2n) is 4.68. The Balaban J connectivity index is 1.88. The first-order valence-corrected chi connectivity index (χ1v) is 6.95. The van der Waals surface area contributed by atoms with Gasteiger partial charge in [0.2, 0.25) is 0 Å². The largest absolute Gasteiger partial charge is 0.497 e. The van der Waals surface area contributed by atoms with Crippen molar-refractivity contribution in [3.05, 3.63) is 59.9 Å². The van der Waals surface area contributed by atoms with Crippen molar-refractivity contribution in [1.29, 1.82) is 0 Å². The maximum atomic E-state index is 13.3. The molecule has 0 aliphatic rings. The van der Waals surface area contributed by atoms with E-state index in [2.05, 4.69) is 10.5 Å². The van der Waals surface area contributed by atoms with Gasteiger partial charge in [0.25, 0.3) is 5.91 Å². The van der Waals surface area contributed by atoms with Crippen LogP contribution in [-0.2, 0) is 4.79 Å². The van der Waals surface area contributed by atoms with Gasteiger partial charge < -0.3 is 9.47 Å². The van der Waals surface area contributed by atoms with Gasteiger partial charge in [0, 0.05) is 0 Å². The number of nitrogens with one attached hydrogen (secondary N) is 1. The van der Waals surface area contributed by atoms with Crippen molar-refractivity contribution in [2.24, 2.45) is 5.10 Å². The van der Waals surface area contributed by atoms with E-state index in [4.69, 9.17) is 9.47 Å². The van der Waals surface area contributed by atoms with Crippen molar-refractivity contribution < 1.29 is 18.7 Å². The summed E-state index contributed by atoms with van der Waals surface area (Å²) in [5, 5.41) is 3.99. The zero-order valence-corrected chi connectivity index (χ0v) is 12.9. The Labute approximate surface area is 133 Å². The molecule has 2 aromatic rings. The fraction of sp³-hybridized carbons (Fsp3) is 0.176. The van der Waals surface area contributed by atoms with Crippen LogP contribution in [0.5, 0.6) is 11.5 Å². The zero-order chi connectivity index (χ0) is 16.7. The second-order valence-corrected chi connectivity index (χ2v) is 4.68. The van der Waals surface area contributed by atoms with Crippen molar-refractivity contribution in [2.45, 2.75) is 6.92 Å². The smallest absolute Gasteiger partial charge is 0.277 e. The number of carbonyl (C=O) groups is 1. The molecule has 0 bridgehead atoms. The molecule has 0 aliphatic carbocycles.